The predicted molar refractivity (Wildman–Crippen MR) is 160 cm³/mol. The van der Waals surface area contributed by atoms with Crippen molar-refractivity contribution in [3.63, 3.8) is 0 Å². The van der Waals surface area contributed by atoms with Crippen LogP contribution in [-0.2, 0) is 27.1 Å². The molecule has 4 rings (SSSR count). The summed E-state index contributed by atoms with van der Waals surface area (Å²) < 4.78 is 72.2. The SMILES string of the molecule is CC(C)(C)c1ccc(S([OH+]S(=O)(=O)c2ccc(C(F)(F)F)cc2)(c2ccccc2)c2ccc(C(C)(C)C)cc2)cc1. The number of hydrogen-bond acceptors (Lipinski definition) is 2. The van der Waals surface area contributed by atoms with Crippen LogP contribution in [0.4, 0.5) is 13.2 Å². The normalized spacial score (nSPS) is 13.7. The van der Waals surface area contributed by atoms with Gasteiger partial charge in [0.25, 0.3) is 0 Å². The summed E-state index contributed by atoms with van der Waals surface area (Å²) in [6, 6.07) is 28.4. The minimum atomic E-state index is -4.58. The lowest BCUT2D eigenvalue weighted by atomic mass is 9.87. The van der Waals surface area contributed by atoms with Crippen molar-refractivity contribution in [2.45, 2.75) is 78.1 Å². The van der Waals surface area contributed by atoms with Crippen LogP contribution >= 0.6 is 10.3 Å². The Morgan fingerprint density at radius 3 is 1.20 bits per heavy atom. The Kier molecular flexibility index (Phi) is 8.26. The van der Waals surface area contributed by atoms with E-state index in [4.69, 9.17) is 0 Å². The van der Waals surface area contributed by atoms with E-state index in [1.54, 1.807) is 0 Å². The van der Waals surface area contributed by atoms with Crippen LogP contribution in [0.15, 0.2) is 123 Å². The number of rotatable bonds is 6. The van der Waals surface area contributed by atoms with Gasteiger partial charge in [-0.1, -0.05) is 84.0 Å². The summed E-state index contributed by atoms with van der Waals surface area (Å²) in [6.45, 7) is 12.6. The van der Waals surface area contributed by atoms with Crippen LogP contribution in [0, 0.1) is 0 Å². The molecule has 0 amide bonds. The van der Waals surface area contributed by atoms with Crippen molar-refractivity contribution < 1.29 is 25.2 Å². The minimum absolute atomic E-state index is 0.124. The van der Waals surface area contributed by atoms with Gasteiger partial charge in [-0.05, 0) is 82.6 Å². The van der Waals surface area contributed by atoms with E-state index in [2.05, 4.69) is 45.2 Å². The molecule has 0 saturated carbocycles. The molecular weight excluding hydrogens is 565 g/mol. The molecule has 0 radical (unpaired) electrons. The first-order chi connectivity index (χ1) is 18.9. The van der Waals surface area contributed by atoms with Crippen LogP contribution in [0.5, 0.6) is 0 Å². The zero-order chi connectivity index (χ0) is 30.3. The summed E-state index contributed by atoms with van der Waals surface area (Å²) in [6.07, 6.45) is -4.58. The second-order valence-corrected chi connectivity index (χ2v) is 16.6. The van der Waals surface area contributed by atoms with Crippen LogP contribution in [0.25, 0.3) is 0 Å². The van der Waals surface area contributed by atoms with E-state index in [-0.39, 0.29) is 15.7 Å². The Morgan fingerprint density at radius 2 is 0.829 bits per heavy atom. The van der Waals surface area contributed by atoms with Gasteiger partial charge in [-0.2, -0.15) is 13.2 Å². The van der Waals surface area contributed by atoms with Gasteiger partial charge in [0.2, 0.25) is 0 Å². The number of benzene rings is 4. The molecule has 0 saturated heterocycles. The molecule has 4 aromatic rings. The van der Waals surface area contributed by atoms with Crippen LogP contribution in [0.1, 0.15) is 58.2 Å². The van der Waals surface area contributed by atoms with Gasteiger partial charge in [0, 0.05) is 0 Å². The molecule has 0 aliphatic rings. The lowest BCUT2D eigenvalue weighted by molar-refractivity contribution is -0.137. The average Bonchev–Trinajstić information content (AvgIpc) is 2.91. The fraction of sp³-hybridized carbons (Fsp3) is 0.273. The zero-order valence-corrected chi connectivity index (χ0v) is 25.7. The molecule has 0 atom stereocenters. The molecule has 0 fully saturated rings. The summed E-state index contributed by atoms with van der Waals surface area (Å²) in [7, 11) is -7.19. The van der Waals surface area contributed by atoms with Crippen molar-refractivity contribution >= 4 is 20.4 Å². The first-order valence-corrected chi connectivity index (χ1v) is 16.2. The molecule has 0 heterocycles. The predicted octanol–water partition coefficient (Wildman–Crippen LogP) is 9.98. The highest BCUT2D eigenvalue weighted by molar-refractivity contribution is 8.32. The van der Waals surface area contributed by atoms with Crippen molar-refractivity contribution in [2.75, 3.05) is 0 Å². The summed E-state index contributed by atoms with van der Waals surface area (Å²) in [5.41, 5.74) is 0.989. The number of halogens is 3. The van der Waals surface area contributed by atoms with Gasteiger partial charge in [-0.25, -0.2) is 0 Å². The standard InChI is InChI=1S/C33H35F3O3S2/c1-31(2,3)24-12-18-28(19-13-24)40(27-10-8-7-9-11-27,29-20-14-25(15-21-29)32(4,5)6)39-41(37,38)30-22-16-26(17-23-30)33(34,35)36/h7-23H,1-6H3/p+1. The summed E-state index contributed by atoms with van der Waals surface area (Å²) in [5, 5.41) is 0. The first-order valence-electron chi connectivity index (χ1n) is 13.2. The molecule has 0 aliphatic heterocycles. The summed E-state index contributed by atoms with van der Waals surface area (Å²) in [5.74, 6) is 0. The smallest absolute Gasteiger partial charge is 0.258 e. The van der Waals surface area contributed by atoms with Crippen molar-refractivity contribution in [2.24, 2.45) is 0 Å². The van der Waals surface area contributed by atoms with Gasteiger partial charge in [0.05, 0.1) is 30.6 Å². The van der Waals surface area contributed by atoms with E-state index in [1.165, 1.54) is 0 Å². The summed E-state index contributed by atoms with van der Waals surface area (Å²) >= 11 is 0. The Morgan fingerprint density at radius 1 is 0.488 bits per heavy atom. The molecule has 8 heteroatoms. The average molecular weight is 602 g/mol. The Labute approximate surface area is 243 Å². The lowest BCUT2D eigenvalue weighted by Crippen LogP contribution is -2.20. The van der Waals surface area contributed by atoms with Gasteiger partial charge in [0.1, 0.15) is 4.90 Å². The van der Waals surface area contributed by atoms with Gasteiger partial charge < -0.3 is 0 Å². The third-order valence-electron chi connectivity index (χ3n) is 6.90. The van der Waals surface area contributed by atoms with Gasteiger partial charge in [0.15, 0.2) is 0 Å². The highest BCUT2D eigenvalue weighted by atomic mass is 32.3. The van der Waals surface area contributed by atoms with E-state index < -0.39 is 32.2 Å². The second-order valence-electron chi connectivity index (χ2n) is 12.0. The molecular formula is C33H36F3O3S2+. The van der Waals surface area contributed by atoms with Crippen molar-refractivity contribution in [3.8, 4) is 0 Å². The maximum absolute atomic E-state index is 14.0. The van der Waals surface area contributed by atoms with Gasteiger partial charge in [-0.3, -0.25) is 3.63 Å². The van der Waals surface area contributed by atoms with Gasteiger partial charge >= 0.3 is 16.3 Å². The number of hydrogen-bond donors (Lipinski definition) is 0. The van der Waals surface area contributed by atoms with E-state index in [9.17, 15) is 21.6 Å². The molecule has 41 heavy (non-hydrogen) atoms. The fourth-order valence-corrected chi connectivity index (χ4v) is 9.93. The highest BCUT2D eigenvalue weighted by Gasteiger charge is 2.44. The lowest BCUT2D eigenvalue weighted by Gasteiger charge is -2.35. The monoisotopic (exact) mass is 601 g/mol. The largest absolute Gasteiger partial charge is 0.422 e. The molecule has 0 spiro atoms. The Balaban J connectivity index is 1.98. The number of alkyl halides is 3. The molecule has 3 nitrogen and oxygen atoms in total. The molecule has 0 unspecified atom stereocenters. The fourth-order valence-electron chi connectivity index (χ4n) is 4.46. The Hall–Kier alpha value is -3.07. The van der Waals surface area contributed by atoms with Crippen molar-refractivity contribution in [1.29, 1.82) is 0 Å². The third kappa shape index (κ3) is 6.55. The van der Waals surface area contributed by atoms with E-state index in [0.29, 0.717) is 14.7 Å². The minimum Gasteiger partial charge on any atom is -0.258 e. The van der Waals surface area contributed by atoms with Crippen LogP contribution in [-0.4, -0.2) is 12.0 Å². The van der Waals surface area contributed by atoms with E-state index in [1.807, 2.05) is 78.9 Å². The van der Waals surface area contributed by atoms with Gasteiger partial charge in [-0.15, -0.1) is 8.42 Å². The van der Waals surface area contributed by atoms with Crippen molar-refractivity contribution in [1.82, 2.24) is 0 Å². The van der Waals surface area contributed by atoms with E-state index >= 15 is 0 Å². The van der Waals surface area contributed by atoms with Crippen LogP contribution in [0.3, 0.4) is 0 Å². The molecule has 4 aromatic carbocycles. The summed E-state index contributed by atoms with van der Waals surface area (Å²) in [4.78, 5) is 1.81. The van der Waals surface area contributed by atoms with Crippen LogP contribution in [0.2, 0.25) is 0 Å². The quantitative estimate of drug-likeness (QED) is 0.163. The van der Waals surface area contributed by atoms with Crippen LogP contribution < -0.4 is 0 Å². The molecule has 1 N–H and O–H groups in total. The van der Waals surface area contributed by atoms with E-state index in [0.717, 1.165) is 35.4 Å². The highest BCUT2D eigenvalue weighted by Crippen LogP contribution is 2.68. The maximum atomic E-state index is 14.0. The second kappa shape index (κ2) is 11.0. The zero-order valence-electron chi connectivity index (χ0n) is 24.0. The Bertz CT molecular complexity index is 1520. The molecule has 218 valence electrons. The third-order valence-corrected chi connectivity index (χ3v) is 12.3. The molecule has 0 aromatic heterocycles. The topological polar surface area (TPSA) is 46.9 Å². The maximum Gasteiger partial charge on any atom is 0.422 e. The molecule has 0 aliphatic carbocycles. The first kappa shape index (κ1) is 30.9. The molecule has 0 bridgehead atoms. The van der Waals surface area contributed by atoms with Crippen molar-refractivity contribution in [3.05, 3.63) is 120 Å².